The van der Waals surface area contributed by atoms with Crippen molar-refractivity contribution < 1.29 is 19.4 Å². The van der Waals surface area contributed by atoms with Crippen molar-refractivity contribution in [2.24, 2.45) is 5.92 Å². The smallest absolute Gasteiger partial charge is 0.235 e. The molecule has 1 aromatic rings. The van der Waals surface area contributed by atoms with Crippen LogP contribution in [0, 0.1) is 5.92 Å². The van der Waals surface area contributed by atoms with Crippen molar-refractivity contribution >= 4 is 5.78 Å². The number of phenolic OH excluding ortho intramolecular Hbond substituents is 1. The number of hydrogen-bond acceptors (Lipinski definition) is 4. The molecular weight excluding hydrogens is 304 g/mol. The van der Waals surface area contributed by atoms with Crippen LogP contribution in [0.25, 0.3) is 0 Å². The molecule has 126 valence electrons. The Morgan fingerprint density at radius 3 is 2.88 bits per heavy atom. The summed E-state index contributed by atoms with van der Waals surface area (Å²) in [5, 5.41) is 10.6. The first kappa shape index (κ1) is 15.3. The van der Waals surface area contributed by atoms with Crippen molar-refractivity contribution in [2.45, 2.75) is 51.6 Å². The summed E-state index contributed by atoms with van der Waals surface area (Å²) < 4.78 is 11.8. The molecule has 2 heterocycles. The van der Waals surface area contributed by atoms with Crippen molar-refractivity contribution in [3.63, 3.8) is 0 Å². The van der Waals surface area contributed by atoms with Gasteiger partial charge in [0.25, 0.3) is 0 Å². The van der Waals surface area contributed by atoms with Crippen molar-refractivity contribution in [3.8, 4) is 17.2 Å². The summed E-state index contributed by atoms with van der Waals surface area (Å²) in [6.45, 7) is 4.04. The molecule has 0 aromatic heterocycles. The molecule has 1 aliphatic carbocycles. The number of rotatable bonds is 1. The monoisotopic (exact) mass is 326 g/mol. The Kier molecular flexibility index (Phi) is 3.44. The van der Waals surface area contributed by atoms with Crippen LogP contribution < -0.4 is 9.47 Å². The summed E-state index contributed by atoms with van der Waals surface area (Å²) in [4.78, 5) is 12.7. The van der Waals surface area contributed by atoms with E-state index in [9.17, 15) is 9.90 Å². The predicted octanol–water partition coefficient (Wildman–Crippen LogP) is 4.31. The van der Waals surface area contributed by atoms with Gasteiger partial charge in [0.1, 0.15) is 28.4 Å². The molecule has 4 rings (SSSR count). The first-order valence-electron chi connectivity index (χ1n) is 8.62. The fraction of sp³-hybridized carbons (Fsp3) is 0.450. The lowest BCUT2D eigenvalue weighted by atomic mass is 9.91. The lowest BCUT2D eigenvalue weighted by Gasteiger charge is -2.33. The molecular formula is C20H22O4. The normalized spacial score (nSPS) is 25.8. The van der Waals surface area contributed by atoms with Crippen LogP contribution in [0.4, 0.5) is 0 Å². The molecule has 4 nitrogen and oxygen atoms in total. The molecule has 4 heteroatoms. The van der Waals surface area contributed by atoms with Gasteiger partial charge in [0.05, 0.1) is 0 Å². The second kappa shape index (κ2) is 5.40. The number of benzene rings is 1. The van der Waals surface area contributed by atoms with E-state index in [0.717, 1.165) is 25.7 Å². The zero-order valence-corrected chi connectivity index (χ0v) is 14.1. The number of ether oxygens (including phenoxy) is 2. The fourth-order valence-electron chi connectivity index (χ4n) is 3.65. The van der Waals surface area contributed by atoms with E-state index in [1.807, 2.05) is 19.9 Å². The number of Topliss-reactive ketones (excluding diaryl/α,β-unsaturated/α-hetero) is 1. The molecule has 1 aromatic carbocycles. The molecule has 0 bridgehead atoms. The molecule has 0 amide bonds. The minimum Gasteiger partial charge on any atom is -0.507 e. The van der Waals surface area contributed by atoms with Gasteiger partial charge >= 0.3 is 0 Å². The fourth-order valence-corrected chi connectivity index (χ4v) is 3.65. The van der Waals surface area contributed by atoms with Crippen LogP contribution in [0.2, 0.25) is 0 Å². The van der Waals surface area contributed by atoms with Crippen LogP contribution in [0.1, 0.15) is 55.5 Å². The quantitative estimate of drug-likeness (QED) is 0.617. The minimum atomic E-state index is -0.274. The van der Waals surface area contributed by atoms with Crippen LogP contribution in [-0.2, 0) is 6.42 Å². The molecule has 24 heavy (non-hydrogen) atoms. The Balaban J connectivity index is 1.70. The van der Waals surface area contributed by atoms with E-state index < -0.39 is 0 Å². The van der Waals surface area contributed by atoms with E-state index in [2.05, 4.69) is 12.2 Å². The number of aromatic hydroxyl groups is 1. The van der Waals surface area contributed by atoms with E-state index in [4.69, 9.17) is 9.47 Å². The average molecular weight is 326 g/mol. The number of ketones is 1. The van der Waals surface area contributed by atoms with Crippen LogP contribution in [0.3, 0.4) is 0 Å². The maximum absolute atomic E-state index is 12.7. The van der Waals surface area contributed by atoms with Crippen molar-refractivity contribution in [2.75, 3.05) is 0 Å². The number of carbonyl (C=O) groups excluding carboxylic acids is 1. The molecule has 0 saturated carbocycles. The number of hydrogen-bond donors (Lipinski definition) is 1. The molecule has 3 aliphatic rings. The Morgan fingerprint density at radius 2 is 2.12 bits per heavy atom. The maximum atomic E-state index is 12.7. The molecule has 2 aliphatic heterocycles. The molecule has 0 spiro atoms. The van der Waals surface area contributed by atoms with E-state index in [-0.39, 0.29) is 22.7 Å². The van der Waals surface area contributed by atoms with E-state index in [1.54, 1.807) is 6.07 Å². The third-order valence-electron chi connectivity index (χ3n) is 5.06. The second-order valence-corrected chi connectivity index (χ2v) is 7.44. The van der Waals surface area contributed by atoms with Crippen LogP contribution >= 0.6 is 0 Å². The number of allylic oxidation sites excluding steroid dienone is 4. The summed E-state index contributed by atoms with van der Waals surface area (Å²) in [6, 6.07) is 1.75. The largest absolute Gasteiger partial charge is 0.507 e. The first-order valence-corrected chi connectivity index (χ1v) is 8.62. The van der Waals surface area contributed by atoms with Gasteiger partial charge in [-0.2, -0.15) is 0 Å². The number of fused-ring (bicyclic) bond motifs is 2. The van der Waals surface area contributed by atoms with Gasteiger partial charge in [-0.15, -0.1) is 0 Å². The van der Waals surface area contributed by atoms with Crippen molar-refractivity contribution in [3.05, 3.63) is 41.2 Å². The SMILES string of the molecule is CC1(C)CCc2c(cc3c(c2O)C(=O)/C(=C/C2CC=CCC2)O3)O1. The zero-order valence-electron chi connectivity index (χ0n) is 14.1. The Hall–Kier alpha value is -2.23. The highest BCUT2D eigenvalue weighted by Gasteiger charge is 2.37. The van der Waals surface area contributed by atoms with Crippen LogP contribution in [0.15, 0.2) is 30.1 Å². The Bertz CT molecular complexity index is 770. The van der Waals surface area contributed by atoms with Gasteiger partial charge in [0.15, 0.2) is 5.76 Å². The third-order valence-corrected chi connectivity index (χ3v) is 5.06. The van der Waals surface area contributed by atoms with Gasteiger partial charge in [-0.05, 0) is 57.9 Å². The zero-order chi connectivity index (χ0) is 16.9. The molecule has 1 unspecified atom stereocenters. The van der Waals surface area contributed by atoms with Gasteiger partial charge < -0.3 is 14.6 Å². The summed E-state index contributed by atoms with van der Waals surface area (Å²) >= 11 is 0. The molecule has 0 fully saturated rings. The van der Waals surface area contributed by atoms with Crippen LogP contribution in [-0.4, -0.2) is 16.5 Å². The number of phenols is 1. The first-order chi connectivity index (χ1) is 11.4. The van der Waals surface area contributed by atoms with E-state index >= 15 is 0 Å². The Labute approximate surface area is 141 Å². The standard InChI is InChI=1S/C20H22O4/c1-20(2)9-8-13-14(24-20)11-15-17(18(13)21)19(22)16(23-15)10-12-6-4-3-5-7-12/h3-4,10-12,21H,5-9H2,1-2H3/b16-10-. The van der Waals surface area contributed by atoms with Gasteiger partial charge in [-0.1, -0.05) is 12.2 Å². The van der Waals surface area contributed by atoms with Gasteiger partial charge in [-0.3, -0.25) is 4.79 Å². The van der Waals surface area contributed by atoms with Gasteiger partial charge in [0, 0.05) is 11.6 Å². The molecule has 1 atom stereocenters. The summed E-state index contributed by atoms with van der Waals surface area (Å²) in [6.07, 6.45) is 10.7. The topological polar surface area (TPSA) is 55.8 Å². The lowest BCUT2D eigenvalue weighted by Crippen LogP contribution is -2.32. The van der Waals surface area contributed by atoms with E-state index in [0.29, 0.717) is 35.2 Å². The minimum absolute atomic E-state index is 0.0231. The number of carbonyl (C=O) groups is 1. The molecule has 1 N–H and O–H groups in total. The maximum Gasteiger partial charge on any atom is 0.235 e. The van der Waals surface area contributed by atoms with E-state index in [1.165, 1.54) is 0 Å². The molecule has 0 saturated heterocycles. The van der Waals surface area contributed by atoms with Crippen molar-refractivity contribution in [1.29, 1.82) is 0 Å². The second-order valence-electron chi connectivity index (χ2n) is 7.44. The molecule has 0 radical (unpaired) electrons. The van der Waals surface area contributed by atoms with Gasteiger partial charge in [-0.25, -0.2) is 0 Å². The van der Waals surface area contributed by atoms with Crippen molar-refractivity contribution in [1.82, 2.24) is 0 Å². The third kappa shape index (κ3) is 2.50. The van der Waals surface area contributed by atoms with Crippen LogP contribution in [0.5, 0.6) is 17.2 Å². The van der Waals surface area contributed by atoms with Gasteiger partial charge in [0.2, 0.25) is 5.78 Å². The highest BCUT2D eigenvalue weighted by atomic mass is 16.5. The summed E-state index contributed by atoms with van der Waals surface area (Å²) in [5.74, 6) is 1.49. The summed E-state index contributed by atoms with van der Waals surface area (Å²) in [7, 11) is 0. The average Bonchev–Trinajstić information content (AvgIpc) is 2.83. The predicted molar refractivity (Wildman–Crippen MR) is 90.7 cm³/mol. The summed E-state index contributed by atoms with van der Waals surface area (Å²) in [5.41, 5.74) is 0.727. The Morgan fingerprint density at radius 1 is 1.29 bits per heavy atom. The highest BCUT2D eigenvalue weighted by Crippen LogP contribution is 2.47. The lowest BCUT2D eigenvalue weighted by molar-refractivity contribution is 0.0834. The highest BCUT2D eigenvalue weighted by molar-refractivity contribution is 6.14.